The number of nitrogens with zero attached hydrogens (tertiary/aromatic N) is 4. The van der Waals surface area contributed by atoms with Gasteiger partial charge >= 0.3 is 5.56 Å². The second-order valence-electron chi connectivity index (χ2n) is 6.52. The van der Waals surface area contributed by atoms with Crippen LogP contribution in [0.5, 0.6) is 0 Å². The molecule has 1 amide bonds. The van der Waals surface area contributed by atoms with Gasteiger partial charge in [-0.1, -0.05) is 56.0 Å². The quantitative estimate of drug-likeness (QED) is 0.686. The number of hydrogen-bond donors (Lipinski definition) is 1. The summed E-state index contributed by atoms with van der Waals surface area (Å²) in [5.41, 5.74) is 0.975. The molecule has 0 unspecified atom stereocenters. The van der Waals surface area contributed by atoms with Crippen LogP contribution in [0, 0.1) is 5.95 Å². The number of halogens is 1. The Balaban J connectivity index is 1.62. The van der Waals surface area contributed by atoms with E-state index in [4.69, 9.17) is 0 Å². The zero-order valence-electron chi connectivity index (χ0n) is 14.3. The number of thioether (sulfide) groups is 1. The van der Waals surface area contributed by atoms with Gasteiger partial charge < -0.3 is 5.32 Å². The Bertz CT molecular complexity index is 1010. The first kappa shape index (κ1) is 18.5. The number of rotatable bonds is 4. The number of aromatic nitrogens is 4. The van der Waals surface area contributed by atoms with Crippen LogP contribution in [0.4, 0.5) is 10.1 Å². The zero-order chi connectivity index (χ0) is 18.9. The van der Waals surface area contributed by atoms with E-state index in [2.05, 4.69) is 41.4 Å². The van der Waals surface area contributed by atoms with Gasteiger partial charge in [0.2, 0.25) is 10.9 Å². The smallest absolute Gasteiger partial charge is 0.325 e. The van der Waals surface area contributed by atoms with Crippen molar-refractivity contribution in [1.82, 2.24) is 19.8 Å². The Morgan fingerprint density at radius 1 is 1.27 bits per heavy atom. The Kier molecular flexibility index (Phi) is 5.05. The summed E-state index contributed by atoms with van der Waals surface area (Å²) in [5.74, 6) is -1.31. The molecule has 1 aromatic carbocycles. The molecule has 0 bridgehead atoms. The van der Waals surface area contributed by atoms with Gasteiger partial charge in [-0.15, -0.1) is 15.3 Å². The number of anilines is 1. The minimum Gasteiger partial charge on any atom is -0.325 e. The number of fused-ring (bicyclic) bond motifs is 1. The molecular weight excluding hydrogens is 377 g/mol. The summed E-state index contributed by atoms with van der Waals surface area (Å²) in [6.07, 6.45) is 0. The van der Waals surface area contributed by atoms with Gasteiger partial charge in [-0.05, 0) is 23.1 Å². The average Bonchev–Trinajstić information content (AvgIpc) is 3.00. The molecule has 3 aromatic rings. The predicted octanol–water partition coefficient (Wildman–Crippen LogP) is 2.71. The molecule has 0 spiro atoms. The molecule has 136 valence electrons. The van der Waals surface area contributed by atoms with Gasteiger partial charge in [0.25, 0.3) is 5.95 Å². The van der Waals surface area contributed by atoms with E-state index in [9.17, 15) is 14.0 Å². The van der Waals surface area contributed by atoms with Crippen LogP contribution in [0.15, 0.2) is 33.4 Å². The Morgan fingerprint density at radius 3 is 2.62 bits per heavy atom. The van der Waals surface area contributed by atoms with Crippen molar-refractivity contribution in [3.8, 4) is 0 Å². The fourth-order valence-electron chi connectivity index (χ4n) is 2.11. The van der Waals surface area contributed by atoms with Crippen molar-refractivity contribution in [3.05, 3.63) is 46.1 Å². The molecule has 2 aromatic heterocycles. The van der Waals surface area contributed by atoms with Crippen molar-refractivity contribution in [3.63, 3.8) is 0 Å². The summed E-state index contributed by atoms with van der Waals surface area (Å²) in [7, 11) is 0. The average molecular weight is 393 g/mol. The summed E-state index contributed by atoms with van der Waals surface area (Å²) in [6.45, 7) is 6.37. The van der Waals surface area contributed by atoms with Crippen LogP contribution in [0.1, 0.15) is 26.3 Å². The number of amides is 1. The molecule has 3 rings (SSSR count). The lowest BCUT2D eigenvalue weighted by Gasteiger charge is -2.19. The number of benzene rings is 1. The van der Waals surface area contributed by atoms with Gasteiger partial charge in [-0.3, -0.25) is 9.59 Å². The highest BCUT2D eigenvalue weighted by atomic mass is 32.2. The van der Waals surface area contributed by atoms with Gasteiger partial charge in [0.1, 0.15) is 0 Å². The Labute approximate surface area is 156 Å². The molecule has 1 N–H and O–H groups in total. The molecule has 0 atom stereocenters. The first-order valence-electron chi connectivity index (χ1n) is 7.69. The fraction of sp³-hybridized carbons (Fsp3) is 0.312. The van der Waals surface area contributed by atoms with E-state index in [1.807, 2.05) is 24.3 Å². The lowest BCUT2D eigenvalue weighted by molar-refractivity contribution is -0.113. The van der Waals surface area contributed by atoms with Crippen molar-refractivity contribution in [2.75, 3.05) is 11.1 Å². The summed E-state index contributed by atoms with van der Waals surface area (Å²) in [4.78, 5) is 23.8. The molecular formula is C16H16FN5O2S2. The highest BCUT2D eigenvalue weighted by Gasteiger charge is 2.15. The van der Waals surface area contributed by atoms with Gasteiger partial charge in [0, 0.05) is 5.69 Å². The van der Waals surface area contributed by atoms with E-state index in [1.165, 1.54) is 5.56 Å². The molecule has 2 heterocycles. The second kappa shape index (κ2) is 7.12. The summed E-state index contributed by atoms with van der Waals surface area (Å²) < 4.78 is 14.4. The topological polar surface area (TPSA) is 89.3 Å². The van der Waals surface area contributed by atoms with Crippen molar-refractivity contribution < 1.29 is 9.18 Å². The molecule has 0 aliphatic carbocycles. The number of hydrogen-bond acceptors (Lipinski definition) is 7. The minimum absolute atomic E-state index is 0.0473. The fourth-order valence-corrected chi connectivity index (χ4v) is 3.79. The molecule has 0 saturated heterocycles. The molecule has 0 radical (unpaired) electrons. The zero-order valence-corrected chi connectivity index (χ0v) is 15.9. The molecule has 0 fully saturated rings. The highest BCUT2D eigenvalue weighted by molar-refractivity contribution is 8.01. The molecule has 0 aliphatic heterocycles. The molecule has 26 heavy (non-hydrogen) atoms. The maximum absolute atomic E-state index is 13.1. The van der Waals surface area contributed by atoms with E-state index in [1.54, 1.807) is 0 Å². The third-order valence-electron chi connectivity index (χ3n) is 3.50. The normalized spacial score (nSPS) is 11.7. The number of carbonyl (C=O) groups excluding carboxylic acids is 1. The van der Waals surface area contributed by atoms with E-state index >= 15 is 0 Å². The highest BCUT2D eigenvalue weighted by Crippen LogP contribution is 2.25. The molecule has 7 nitrogen and oxygen atoms in total. The Hall–Kier alpha value is -2.33. The first-order valence-corrected chi connectivity index (χ1v) is 9.49. The van der Waals surface area contributed by atoms with E-state index in [0.29, 0.717) is 10.0 Å². The monoisotopic (exact) mass is 393 g/mol. The van der Waals surface area contributed by atoms with Crippen LogP contribution in [-0.4, -0.2) is 31.5 Å². The number of carbonyl (C=O) groups is 1. The van der Waals surface area contributed by atoms with Crippen LogP contribution < -0.4 is 10.9 Å². The predicted molar refractivity (Wildman–Crippen MR) is 99.4 cm³/mol. The van der Waals surface area contributed by atoms with Crippen molar-refractivity contribution in [1.29, 1.82) is 0 Å². The Morgan fingerprint density at radius 2 is 1.96 bits per heavy atom. The molecule has 10 heteroatoms. The largest absolute Gasteiger partial charge is 0.330 e. The van der Waals surface area contributed by atoms with Crippen LogP contribution in [-0.2, 0) is 10.2 Å². The van der Waals surface area contributed by atoms with Crippen LogP contribution in [0.25, 0.3) is 4.96 Å². The van der Waals surface area contributed by atoms with Crippen LogP contribution in [0.3, 0.4) is 0 Å². The third-order valence-corrected chi connectivity index (χ3v) is 5.53. The van der Waals surface area contributed by atoms with E-state index in [0.717, 1.165) is 27.6 Å². The summed E-state index contributed by atoms with van der Waals surface area (Å²) >= 11 is 2.21. The summed E-state index contributed by atoms with van der Waals surface area (Å²) in [5, 5.41) is 13.5. The van der Waals surface area contributed by atoms with Gasteiger partial charge in [-0.2, -0.15) is 8.91 Å². The van der Waals surface area contributed by atoms with Gasteiger partial charge in [-0.25, -0.2) is 0 Å². The standard InChI is InChI=1S/C16H16FN5O2S2/c1-16(2,3)9-4-6-10(7-5-9)18-11(23)8-25-15-21-22-13(24)12(17)19-20-14(22)26-15/h4-7H,8H2,1-3H3,(H,18,23). The van der Waals surface area contributed by atoms with E-state index < -0.39 is 11.5 Å². The van der Waals surface area contributed by atoms with Gasteiger partial charge in [0.15, 0.2) is 4.34 Å². The third kappa shape index (κ3) is 4.07. The second-order valence-corrected chi connectivity index (χ2v) is 8.70. The van der Waals surface area contributed by atoms with Gasteiger partial charge in [0.05, 0.1) is 5.75 Å². The van der Waals surface area contributed by atoms with Crippen LogP contribution >= 0.6 is 23.1 Å². The SMILES string of the molecule is CC(C)(C)c1ccc(NC(=O)CSc2nn3c(=O)c(F)nnc3s2)cc1. The maximum atomic E-state index is 13.1. The first-order chi connectivity index (χ1) is 12.2. The lowest BCUT2D eigenvalue weighted by atomic mass is 9.87. The summed E-state index contributed by atoms with van der Waals surface area (Å²) in [6, 6.07) is 7.68. The van der Waals surface area contributed by atoms with Crippen molar-refractivity contribution in [2.24, 2.45) is 0 Å². The van der Waals surface area contributed by atoms with E-state index in [-0.39, 0.29) is 22.0 Å². The van der Waals surface area contributed by atoms with Crippen LogP contribution in [0.2, 0.25) is 0 Å². The minimum atomic E-state index is -1.21. The maximum Gasteiger partial charge on any atom is 0.330 e. The number of nitrogens with one attached hydrogen (secondary N) is 1. The molecule has 0 saturated carbocycles. The van der Waals surface area contributed by atoms with Crippen molar-refractivity contribution in [2.45, 2.75) is 30.5 Å². The van der Waals surface area contributed by atoms with Crippen molar-refractivity contribution >= 4 is 39.7 Å². The lowest BCUT2D eigenvalue weighted by Crippen LogP contribution is -2.20. The molecule has 0 aliphatic rings.